The number of aryl methyl sites for hydroxylation is 2. The molecule has 0 bridgehead atoms. The number of carboxylic acids is 1. The van der Waals surface area contributed by atoms with Gasteiger partial charge in [-0.3, -0.25) is 9.59 Å². The van der Waals surface area contributed by atoms with Crippen LogP contribution in [0.25, 0.3) is 0 Å². The van der Waals surface area contributed by atoms with E-state index in [4.69, 9.17) is 5.11 Å². The quantitative estimate of drug-likeness (QED) is 0.720. The molecule has 106 valence electrons. The molecule has 0 aliphatic heterocycles. The maximum atomic E-state index is 11.8. The monoisotopic (exact) mass is 283 g/mol. The largest absolute Gasteiger partial charge is 0.481 e. The van der Waals surface area contributed by atoms with Crippen molar-refractivity contribution < 1.29 is 14.7 Å². The fourth-order valence-electron chi connectivity index (χ4n) is 1.73. The van der Waals surface area contributed by atoms with E-state index in [0.29, 0.717) is 13.0 Å². The molecule has 2 N–H and O–H groups in total. The second kappa shape index (κ2) is 7.94. The number of unbranched alkanes of at least 4 members (excludes halogenated alkanes) is 3. The third-order valence-corrected chi connectivity index (χ3v) is 4.14. The summed E-state index contributed by atoms with van der Waals surface area (Å²) in [5.41, 5.74) is 1.16. The number of carboxylic acid groups (broad SMARTS) is 1. The van der Waals surface area contributed by atoms with E-state index in [-0.39, 0.29) is 12.3 Å². The van der Waals surface area contributed by atoms with E-state index in [1.807, 2.05) is 19.9 Å². The van der Waals surface area contributed by atoms with Crippen LogP contribution in [-0.4, -0.2) is 23.5 Å². The minimum absolute atomic E-state index is 0.00765. The molecule has 0 aliphatic carbocycles. The van der Waals surface area contributed by atoms with Crippen LogP contribution >= 0.6 is 11.3 Å². The van der Waals surface area contributed by atoms with Gasteiger partial charge in [-0.25, -0.2) is 0 Å². The minimum Gasteiger partial charge on any atom is -0.481 e. The summed E-state index contributed by atoms with van der Waals surface area (Å²) in [5.74, 6) is -0.747. The second-order valence-electron chi connectivity index (χ2n) is 4.66. The Bertz CT molecular complexity index is 420. The van der Waals surface area contributed by atoms with Crippen molar-refractivity contribution in [1.82, 2.24) is 5.32 Å². The highest BCUT2D eigenvalue weighted by molar-refractivity contribution is 7.14. The zero-order valence-electron chi connectivity index (χ0n) is 11.5. The van der Waals surface area contributed by atoms with Gasteiger partial charge >= 0.3 is 5.97 Å². The van der Waals surface area contributed by atoms with Crippen molar-refractivity contribution >= 4 is 23.2 Å². The molecule has 0 saturated carbocycles. The Hall–Kier alpha value is -1.36. The highest BCUT2D eigenvalue weighted by atomic mass is 32.1. The molecule has 1 amide bonds. The zero-order valence-corrected chi connectivity index (χ0v) is 12.3. The first-order valence-corrected chi connectivity index (χ1v) is 7.39. The topological polar surface area (TPSA) is 66.4 Å². The van der Waals surface area contributed by atoms with E-state index >= 15 is 0 Å². The van der Waals surface area contributed by atoms with E-state index in [1.165, 1.54) is 16.2 Å². The Morgan fingerprint density at radius 2 is 1.89 bits per heavy atom. The van der Waals surface area contributed by atoms with Crippen molar-refractivity contribution in [2.24, 2.45) is 0 Å². The summed E-state index contributed by atoms with van der Waals surface area (Å²) in [7, 11) is 0. The highest BCUT2D eigenvalue weighted by Crippen LogP contribution is 2.20. The molecule has 0 atom stereocenters. The third-order valence-electron chi connectivity index (χ3n) is 2.99. The van der Waals surface area contributed by atoms with Gasteiger partial charge in [-0.2, -0.15) is 0 Å². The number of hydrogen-bond acceptors (Lipinski definition) is 3. The summed E-state index contributed by atoms with van der Waals surface area (Å²) in [5, 5.41) is 11.4. The lowest BCUT2D eigenvalue weighted by atomic mass is 10.1. The molecule has 1 heterocycles. The Labute approximate surface area is 117 Å². The fraction of sp³-hybridized carbons (Fsp3) is 0.571. The van der Waals surface area contributed by atoms with Gasteiger partial charge in [-0.15, -0.1) is 11.3 Å². The van der Waals surface area contributed by atoms with Crippen LogP contribution in [0.15, 0.2) is 6.07 Å². The van der Waals surface area contributed by atoms with E-state index < -0.39 is 5.97 Å². The van der Waals surface area contributed by atoms with Gasteiger partial charge in [0.05, 0.1) is 4.88 Å². The van der Waals surface area contributed by atoms with Gasteiger partial charge in [0.15, 0.2) is 0 Å². The summed E-state index contributed by atoms with van der Waals surface area (Å²) in [6.45, 7) is 4.67. The smallest absolute Gasteiger partial charge is 0.303 e. The summed E-state index contributed by atoms with van der Waals surface area (Å²) >= 11 is 1.52. The number of thiophene rings is 1. The van der Waals surface area contributed by atoms with Gasteiger partial charge in [0.2, 0.25) is 0 Å². The number of carbonyl (C=O) groups is 2. The molecule has 1 aromatic rings. The third kappa shape index (κ3) is 5.87. The van der Waals surface area contributed by atoms with Crippen molar-refractivity contribution in [3.63, 3.8) is 0 Å². The molecule has 0 aromatic carbocycles. The first-order valence-electron chi connectivity index (χ1n) is 6.57. The average Bonchev–Trinajstić information content (AvgIpc) is 2.68. The van der Waals surface area contributed by atoms with Crippen LogP contribution in [-0.2, 0) is 4.79 Å². The lowest BCUT2D eigenvalue weighted by Crippen LogP contribution is -2.23. The van der Waals surface area contributed by atoms with Crippen LogP contribution < -0.4 is 5.32 Å². The lowest BCUT2D eigenvalue weighted by Gasteiger charge is -2.03. The van der Waals surface area contributed by atoms with E-state index in [1.54, 1.807) is 0 Å². The summed E-state index contributed by atoms with van der Waals surface area (Å²) in [6.07, 6.45) is 3.71. The Kier molecular flexibility index (Phi) is 6.56. The summed E-state index contributed by atoms with van der Waals surface area (Å²) < 4.78 is 0. The van der Waals surface area contributed by atoms with E-state index in [0.717, 1.165) is 29.7 Å². The molecule has 0 aliphatic rings. The molecule has 5 heteroatoms. The molecular formula is C14H21NO3S. The van der Waals surface area contributed by atoms with Crippen molar-refractivity contribution in [3.05, 3.63) is 21.4 Å². The standard InChI is InChI=1S/C14H21NO3S/c1-10-9-12(19-11(10)2)14(18)15-8-6-4-3-5-7-13(16)17/h9H,3-8H2,1-2H3,(H,15,18)(H,16,17). The number of carbonyl (C=O) groups excluding carboxylic acids is 1. The molecule has 0 fully saturated rings. The Morgan fingerprint density at radius 1 is 1.21 bits per heavy atom. The van der Waals surface area contributed by atoms with Crippen LogP contribution in [0.3, 0.4) is 0 Å². The first kappa shape index (κ1) is 15.7. The van der Waals surface area contributed by atoms with E-state index in [2.05, 4.69) is 5.32 Å². The minimum atomic E-state index is -0.739. The summed E-state index contributed by atoms with van der Waals surface area (Å²) in [6, 6.07) is 1.92. The van der Waals surface area contributed by atoms with E-state index in [9.17, 15) is 9.59 Å². The number of hydrogen-bond donors (Lipinski definition) is 2. The van der Waals surface area contributed by atoms with Crippen molar-refractivity contribution in [2.75, 3.05) is 6.54 Å². The van der Waals surface area contributed by atoms with Crippen LogP contribution in [0, 0.1) is 13.8 Å². The molecule has 0 radical (unpaired) electrons. The van der Waals surface area contributed by atoms with Crippen LogP contribution in [0.4, 0.5) is 0 Å². The predicted octanol–water partition coefficient (Wildman–Crippen LogP) is 3.13. The SMILES string of the molecule is Cc1cc(C(=O)NCCCCCCC(=O)O)sc1C. The van der Waals surface area contributed by atoms with Crippen LogP contribution in [0.5, 0.6) is 0 Å². The molecule has 0 saturated heterocycles. The van der Waals surface area contributed by atoms with Crippen molar-refractivity contribution in [1.29, 1.82) is 0 Å². The van der Waals surface area contributed by atoms with Crippen LogP contribution in [0.1, 0.15) is 52.2 Å². The molecule has 1 rings (SSSR count). The Morgan fingerprint density at radius 3 is 2.47 bits per heavy atom. The van der Waals surface area contributed by atoms with Gasteiger partial charge in [0.25, 0.3) is 5.91 Å². The maximum Gasteiger partial charge on any atom is 0.303 e. The molecule has 19 heavy (non-hydrogen) atoms. The summed E-state index contributed by atoms with van der Waals surface area (Å²) in [4.78, 5) is 24.1. The van der Waals surface area contributed by atoms with Gasteiger partial charge in [0, 0.05) is 17.8 Å². The van der Waals surface area contributed by atoms with Gasteiger partial charge in [0.1, 0.15) is 0 Å². The molecule has 0 spiro atoms. The lowest BCUT2D eigenvalue weighted by molar-refractivity contribution is -0.137. The molecular weight excluding hydrogens is 262 g/mol. The number of rotatable bonds is 8. The predicted molar refractivity (Wildman–Crippen MR) is 76.8 cm³/mol. The average molecular weight is 283 g/mol. The Balaban J connectivity index is 2.12. The van der Waals surface area contributed by atoms with Crippen molar-refractivity contribution in [3.8, 4) is 0 Å². The molecule has 1 aromatic heterocycles. The van der Waals surface area contributed by atoms with Crippen molar-refractivity contribution in [2.45, 2.75) is 46.0 Å². The zero-order chi connectivity index (χ0) is 14.3. The number of aliphatic carboxylic acids is 1. The maximum absolute atomic E-state index is 11.8. The fourth-order valence-corrected chi connectivity index (χ4v) is 2.68. The molecule has 4 nitrogen and oxygen atoms in total. The van der Waals surface area contributed by atoms with Gasteiger partial charge in [-0.05, 0) is 38.3 Å². The second-order valence-corrected chi connectivity index (χ2v) is 5.92. The van der Waals surface area contributed by atoms with Gasteiger partial charge < -0.3 is 10.4 Å². The number of nitrogens with one attached hydrogen (secondary N) is 1. The number of amides is 1. The normalized spacial score (nSPS) is 10.4. The molecule has 0 unspecified atom stereocenters. The highest BCUT2D eigenvalue weighted by Gasteiger charge is 2.09. The van der Waals surface area contributed by atoms with Crippen LogP contribution in [0.2, 0.25) is 0 Å². The first-order chi connectivity index (χ1) is 9.00. The van der Waals surface area contributed by atoms with Gasteiger partial charge in [-0.1, -0.05) is 12.8 Å².